The number of para-hydroxylation sites is 1. The molecule has 1 aliphatic heterocycles. The normalized spacial score (nSPS) is 21.9. The molecular weight excluding hydrogens is 511 g/mol. The van der Waals surface area contributed by atoms with E-state index in [1.807, 2.05) is 6.07 Å². The number of amides is 1. The molecule has 4 rings (SSSR count). The highest BCUT2D eigenvalue weighted by Gasteiger charge is 2.33. The zero-order chi connectivity index (χ0) is 25.0. The van der Waals surface area contributed by atoms with Gasteiger partial charge in [0.05, 0.1) is 17.2 Å². The smallest absolute Gasteiger partial charge is 0.267 e. The molecule has 1 saturated heterocycles. The molecule has 1 N–H and O–H groups in total. The van der Waals surface area contributed by atoms with Gasteiger partial charge in [0.1, 0.15) is 22.5 Å². The van der Waals surface area contributed by atoms with Crippen LogP contribution in [0, 0.1) is 5.92 Å². The number of hydrogen-bond donors (Lipinski definition) is 1. The van der Waals surface area contributed by atoms with Crippen LogP contribution in [0.1, 0.15) is 38.5 Å². The Hall–Kier alpha value is -2.00. The van der Waals surface area contributed by atoms with Gasteiger partial charge < -0.3 is 14.4 Å². The van der Waals surface area contributed by atoms with Gasteiger partial charge in [-0.05, 0) is 62.8 Å². The van der Waals surface area contributed by atoms with Crippen LogP contribution >= 0.6 is 23.2 Å². The molecule has 2 aromatic carbocycles. The topological polar surface area (TPSA) is 84.9 Å². The molecule has 0 unspecified atom stereocenters. The van der Waals surface area contributed by atoms with Crippen molar-refractivity contribution < 1.29 is 22.7 Å². The second-order valence-corrected chi connectivity index (χ2v) is 11.5. The van der Waals surface area contributed by atoms with Crippen molar-refractivity contribution in [2.75, 3.05) is 20.2 Å². The van der Waals surface area contributed by atoms with Crippen molar-refractivity contribution in [3.05, 3.63) is 52.5 Å². The van der Waals surface area contributed by atoms with Gasteiger partial charge in [0.2, 0.25) is 5.91 Å². The number of piperidine rings is 1. The van der Waals surface area contributed by atoms with Crippen LogP contribution < -0.4 is 14.2 Å². The Kier molecular flexibility index (Phi) is 8.47. The van der Waals surface area contributed by atoms with E-state index in [-0.39, 0.29) is 22.7 Å². The Labute approximate surface area is 216 Å². The van der Waals surface area contributed by atoms with Crippen molar-refractivity contribution in [1.82, 2.24) is 9.62 Å². The highest BCUT2D eigenvalue weighted by atomic mass is 35.5. The van der Waals surface area contributed by atoms with Crippen LogP contribution in [0.4, 0.5) is 0 Å². The number of rotatable bonds is 7. The largest absolute Gasteiger partial charge is 0.495 e. The molecule has 2 aromatic rings. The summed E-state index contributed by atoms with van der Waals surface area (Å²) < 4.78 is 38.9. The monoisotopic (exact) mass is 540 g/mol. The lowest BCUT2D eigenvalue weighted by molar-refractivity contribution is -0.124. The molecule has 7 nitrogen and oxygen atoms in total. The maximum absolute atomic E-state index is 12.8. The van der Waals surface area contributed by atoms with Crippen molar-refractivity contribution in [2.24, 2.45) is 5.92 Å². The van der Waals surface area contributed by atoms with Gasteiger partial charge in [-0.15, -0.1) is 0 Å². The Morgan fingerprint density at radius 2 is 1.66 bits per heavy atom. The van der Waals surface area contributed by atoms with Gasteiger partial charge in [0, 0.05) is 31.1 Å². The predicted molar refractivity (Wildman–Crippen MR) is 136 cm³/mol. The van der Waals surface area contributed by atoms with Gasteiger partial charge in [-0.1, -0.05) is 35.3 Å². The van der Waals surface area contributed by atoms with E-state index < -0.39 is 15.9 Å². The first-order chi connectivity index (χ1) is 16.8. The molecule has 0 radical (unpaired) electrons. The first kappa shape index (κ1) is 26.1. The van der Waals surface area contributed by atoms with E-state index in [4.69, 9.17) is 32.7 Å². The van der Waals surface area contributed by atoms with Gasteiger partial charge in [-0.3, -0.25) is 4.79 Å². The van der Waals surface area contributed by atoms with Crippen LogP contribution in [0.2, 0.25) is 10.0 Å². The molecule has 10 heteroatoms. The Morgan fingerprint density at radius 3 is 2.31 bits per heavy atom. The number of sulfonamides is 1. The summed E-state index contributed by atoms with van der Waals surface area (Å²) in [4.78, 5) is 15.2. The summed E-state index contributed by atoms with van der Waals surface area (Å²) >= 11 is 12.1. The molecule has 0 atom stereocenters. The second-order valence-electron chi connectivity index (χ2n) is 9.06. The maximum Gasteiger partial charge on any atom is 0.267 e. The molecule has 0 bridgehead atoms. The van der Waals surface area contributed by atoms with E-state index in [0.717, 1.165) is 44.5 Å². The molecule has 35 heavy (non-hydrogen) atoms. The van der Waals surface area contributed by atoms with Gasteiger partial charge in [0.25, 0.3) is 10.0 Å². The summed E-state index contributed by atoms with van der Waals surface area (Å²) in [6.07, 6.45) is 5.02. The Morgan fingerprint density at radius 1 is 0.971 bits per heavy atom. The number of nitrogens with zero attached hydrogens (tertiary/aromatic N) is 1. The molecule has 2 aliphatic rings. The van der Waals surface area contributed by atoms with Crippen LogP contribution in [0.25, 0.3) is 0 Å². The fourth-order valence-electron chi connectivity index (χ4n) is 4.92. The fourth-order valence-corrected chi connectivity index (χ4v) is 6.42. The van der Waals surface area contributed by atoms with E-state index in [0.29, 0.717) is 28.9 Å². The van der Waals surface area contributed by atoms with Crippen LogP contribution in [0.3, 0.4) is 0 Å². The van der Waals surface area contributed by atoms with E-state index in [2.05, 4.69) is 9.62 Å². The molecule has 0 spiro atoms. The molecule has 1 amide bonds. The number of halogens is 2. The number of likely N-dealkylation sites (tertiary alicyclic amines) is 1. The van der Waals surface area contributed by atoms with Gasteiger partial charge >= 0.3 is 0 Å². The third-order valence-electron chi connectivity index (χ3n) is 6.85. The van der Waals surface area contributed by atoms with E-state index in [9.17, 15) is 13.2 Å². The molecule has 1 heterocycles. The number of carbonyl (C=O) groups excluding carboxylic acids is 1. The minimum absolute atomic E-state index is 0.0319. The Bertz CT molecular complexity index is 1140. The average molecular weight is 541 g/mol. The summed E-state index contributed by atoms with van der Waals surface area (Å²) in [5.74, 6) is 0.185. The first-order valence-electron chi connectivity index (χ1n) is 11.8. The van der Waals surface area contributed by atoms with Crippen molar-refractivity contribution in [1.29, 1.82) is 0 Å². The highest BCUT2D eigenvalue weighted by Crippen LogP contribution is 2.32. The molecule has 2 fully saturated rings. The molecule has 1 aliphatic carbocycles. The van der Waals surface area contributed by atoms with Crippen LogP contribution in [0.5, 0.6) is 11.5 Å². The lowest BCUT2D eigenvalue weighted by Crippen LogP contribution is -2.46. The minimum Gasteiger partial charge on any atom is -0.495 e. The fraction of sp³-hybridized carbons (Fsp3) is 0.480. The van der Waals surface area contributed by atoms with Gasteiger partial charge in [0.15, 0.2) is 0 Å². The zero-order valence-corrected chi connectivity index (χ0v) is 21.9. The summed E-state index contributed by atoms with van der Waals surface area (Å²) in [7, 11) is -2.58. The Balaban J connectivity index is 1.24. The van der Waals surface area contributed by atoms with Gasteiger partial charge in [-0.2, -0.15) is 0 Å². The number of benzene rings is 2. The zero-order valence-electron chi connectivity index (χ0n) is 19.6. The molecule has 190 valence electrons. The van der Waals surface area contributed by atoms with Gasteiger partial charge in [-0.25, -0.2) is 13.1 Å². The molecule has 1 saturated carbocycles. The highest BCUT2D eigenvalue weighted by molar-refractivity contribution is 7.90. The van der Waals surface area contributed by atoms with Crippen molar-refractivity contribution in [2.45, 2.75) is 55.6 Å². The van der Waals surface area contributed by atoms with Crippen molar-refractivity contribution >= 4 is 39.1 Å². The lowest BCUT2D eigenvalue weighted by atomic mass is 9.84. The van der Waals surface area contributed by atoms with Crippen LogP contribution in [0.15, 0.2) is 47.4 Å². The van der Waals surface area contributed by atoms with Crippen molar-refractivity contribution in [3.63, 3.8) is 0 Å². The van der Waals surface area contributed by atoms with E-state index in [1.54, 1.807) is 30.3 Å². The summed E-state index contributed by atoms with van der Waals surface area (Å²) in [6.45, 7) is 1.85. The molecule has 0 aromatic heterocycles. The predicted octanol–water partition coefficient (Wildman–Crippen LogP) is 4.91. The maximum atomic E-state index is 12.8. The van der Waals surface area contributed by atoms with E-state index in [1.165, 1.54) is 13.2 Å². The number of methoxy groups -OCH3 is 1. The van der Waals surface area contributed by atoms with Crippen LogP contribution in [-0.4, -0.2) is 51.6 Å². The number of nitrogens with one attached hydrogen (secondary N) is 1. The SMILES string of the molecule is COc1ccccc1S(=O)(=O)NC(=O)[C@H]1CC[C@H](N2CCC(Oc3ccc(Cl)c(Cl)c3)CC2)CC1. The molecular formula is C25H30Cl2N2O5S. The average Bonchev–Trinajstić information content (AvgIpc) is 2.86. The van der Waals surface area contributed by atoms with Crippen LogP contribution in [-0.2, 0) is 14.8 Å². The quantitative estimate of drug-likeness (QED) is 0.537. The number of hydrogen-bond acceptors (Lipinski definition) is 6. The third kappa shape index (κ3) is 6.42. The summed E-state index contributed by atoms with van der Waals surface area (Å²) in [6, 6.07) is 12.0. The summed E-state index contributed by atoms with van der Waals surface area (Å²) in [5, 5.41) is 0.994. The van der Waals surface area contributed by atoms with E-state index >= 15 is 0 Å². The number of carbonyl (C=O) groups is 1. The third-order valence-corrected chi connectivity index (χ3v) is 8.97. The first-order valence-corrected chi connectivity index (χ1v) is 14.1. The standard InChI is InChI=1S/C25H30Cl2N2O5S/c1-33-23-4-2-3-5-24(23)35(31,32)28-25(30)17-6-8-18(9-7-17)29-14-12-19(13-15-29)34-20-10-11-21(26)22(27)16-20/h2-5,10-11,16-19H,6-9,12-15H2,1H3,(H,28,30)/t17-,18-. The summed E-state index contributed by atoms with van der Waals surface area (Å²) in [5.41, 5.74) is 0. The second kappa shape index (κ2) is 11.4. The lowest BCUT2D eigenvalue weighted by Gasteiger charge is -2.40. The van der Waals surface area contributed by atoms with Crippen molar-refractivity contribution in [3.8, 4) is 11.5 Å². The number of ether oxygens (including phenoxy) is 2. The minimum atomic E-state index is -3.99.